The fourth-order valence-electron chi connectivity index (χ4n) is 4.73. The summed E-state index contributed by atoms with van der Waals surface area (Å²) in [4.78, 5) is 42.8. The number of alkyl carbamates (subject to hydrolysis) is 1. The maximum absolute atomic E-state index is 14.3. The molecule has 2 aromatic carbocycles. The first-order chi connectivity index (χ1) is 18.3. The summed E-state index contributed by atoms with van der Waals surface area (Å²) in [5.41, 5.74) is 2.64. The number of carbonyl (C=O) groups is 3. The van der Waals surface area contributed by atoms with Crippen molar-refractivity contribution in [2.75, 3.05) is 12.4 Å². The van der Waals surface area contributed by atoms with Gasteiger partial charge in [0.15, 0.2) is 0 Å². The normalized spacial score (nSPS) is 15.1. The van der Waals surface area contributed by atoms with Crippen LogP contribution < -0.4 is 15.4 Å². The maximum Gasteiger partial charge on any atom is 0.408 e. The minimum Gasteiger partial charge on any atom is -0.497 e. The van der Waals surface area contributed by atoms with Gasteiger partial charge < -0.3 is 25.0 Å². The molecule has 0 aromatic heterocycles. The second-order valence-corrected chi connectivity index (χ2v) is 11.7. The molecule has 2 unspecified atom stereocenters. The highest BCUT2D eigenvalue weighted by Crippen LogP contribution is 2.36. The molecule has 0 heterocycles. The smallest absolute Gasteiger partial charge is 0.408 e. The van der Waals surface area contributed by atoms with Crippen LogP contribution in [-0.2, 0) is 14.3 Å². The van der Waals surface area contributed by atoms with Gasteiger partial charge >= 0.3 is 6.09 Å². The molecule has 2 aromatic rings. The van der Waals surface area contributed by atoms with Crippen LogP contribution in [0.25, 0.3) is 0 Å². The second kappa shape index (κ2) is 12.5. The molecule has 3 amide bonds. The van der Waals surface area contributed by atoms with Gasteiger partial charge in [-0.1, -0.05) is 37.6 Å². The van der Waals surface area contributed by atoms with E-state index in [1.807, 2.05) is 45.9 Å². The Morgan fingerprint density at radius 3 is 2.13 bits per heavy atom. The monoisotopic (exact) mass is 537 g/mol. The van der Waals surface area contributed by atoms with Crippen molar-refractivity contribution in [3.05, 3.63) is 59.2 Å². The quantitative estimate of drug-likeness (QED) is 0.414. The number of benzene rings is 2. The Balaban J connectivity index is 2.03. The van der Waals surface area contributed by atoms with E-state index < -0.39 is 23.8 Å². The van der Waals surface area contributed by atoms with Crippen molar-refractivity contribution < 1.29 is 23.9 Å². The van der Waals surface area contributed by atoms with Gasteiger partial charge in [0.25, 0.3) is 5.91 Å². The van der Waals surface area contributed by atoms with Crippen molar-refractivity contribution in [3.8, 4) is 5.75 Å². The summed E-state index contributed by atoms with van der Waals surface area (Å²) in [5, 5.41) is 5.80. The standard InChI is InChI=1S/C31H43N3O5/c1-19(2)26(33-30(37)39-31(5,6)7)29(36)34(23-10-9-11-23)27(25-17-12-20(3)18-21(25)4)28(35)32-22-13-15-24(38-8)16-14-22/h12-19,23,26-27H,9-11H2,1-8H3,(H,32,35)(H,33,37). The molecule has 0 bridgehead atoms. The van der Waals surface area contributed by atoms with Gasteiger partial charge in [0.1, 0.15) is 23.4 Å². The second-order valence-electron chi connectivity index (χ2n) is 11.7. The van der Waals surface area contributed by atoms with Crippen molar-refractivity contribution in [1.29, 1.82) is 0 Å². The van der Waals surface area contributed by atoms with Crippen molar-refractivity contribution in [1.82, 2.24) is 10.2 Å². The van der Waals surface area contributed by atoms with E-state index in [0.717, 1.165) is 36.0 Å². The first kappa shape index (κ1) is 30.0. The summed E-state index contributed by atoms with van der Waals surface area (Å²) >= 11 is 0. The highest BCUT2D eigenvalue weighted by Gasteiger charge is 2.43. The molecule has 0 spiro atoms. The lowest BCUT2D eigenvalue weighted by atomic mass is 9.86. The molecule has 2 atom stereocenters. The molecule has 3 rings (SSSR count). The minimum absolute atomic E-state index is 0.119. The average molecular weight is 538 g/mol. The number of nitrogens with zero attached hydrogens (tertiary/aromatic N) is 1. The van der Waals surface area contributed by atoms with E-state index in [0.29, 0.717) is 11.4 Å². The van der Waals surface area contributed by atoms with Gasteiger partial charge in [0.05, 0.1) is 7.11 Å². The first-order valence-electron chi connectivity index (χ1n) is 13.6. The van der Waals surface area contributed by atoms with Crippen LogP contribution in [0.1, 0.15) is 76.6 Å². The van der Waals surface area contributed by atoms with E-state index in [1.54, 1.807) is 57.0 Å². The number of ether oxygens (including phenoxy) is 2. The Bertz CT molecular complexity index is 1170. The SMILES string of the molecule is COc1ccc(NC(=O)C(c2ccc(C)cc2C)N(C(=O)C(NC(=O)OC(C)(C)C)C(C)C)C2CCC2)cc1. The fourth-order valence-corrected chi connectivity index (χ4v) is 4.73. The zero-order valence-electron chi connectivity index (χ0n) is 24.5. The number of rotatable bonds is 9. The van der Waals surface area contributed by atoms with Crippen molar-refractivity contribution >= 4 is 23.6 Å². The van der Waals surface area contributed by atoms with Gasteiger partial charge in [-0.3, -0.25) is 9.59 Å². The van der Waals surface area contributed by atoms with E-state index in [1.165, 1.54) is 0 Å². The molecule has 0 radical (unpaired) electrons. The minimum atomic E-state index is -0.882. The molecule has 39 heavy (non-hydrogen) atoms. The fraction of sp³-hybridized carbons (Fsp3) is 0.516. The van der Waals surface area contributed by atoms with Gasteiger partial charge in [0.2, 0.25) is 5.91 Å². The summed E-state index contributed by atoms with van der Waals surface area (Å²) < 4.78 is 10.7. The van der Waals surface area contributed by atoms with Crippen molar-refractivity contribution in [2.24, 2.45) is 5.92 Å². The number of carbonyl (C=O) groups excluding carboxylic acids is 3. The van der Waals surface area contributed by atoms with Gasteiger partial charge in [0, 0.05) is 11.7 Å². The first-order valence-corrected chi connectivity index (χ1v) is 13.6. The third-order valence-corrected chi connectivity index (χ3v) is 6.93. The van der Waals surface area contributed by atoms with Crippen LogP contribution in [0.5, 0.6) is 5.75 Å². The lowest BCUT2D eigenvalue weighted by Gasteiger charge is -2.44. The zero-order valence-corrected chi connectivity index (χ0v) is 24.5. The molecule has 1 aliphatic rings. The van der Waals surface area contributed by atoms with Crippen LogP contribution >= 0.6 is 0 Å². The van der Waals surface area contributed by atoms with Gasteiger partial charge in [-0.2, -0.15) is 0 Å². The average Bonchev–Trinajstić information content (AvgIpc) is 2.81. The van der Waals surface area contributed by atoms with Crippen LogP contribution in [0.2, 0.25) is 0 Å². The summed E-state index contributed by atoms with van der Waals surface area (Å²) in [5.74, 6) is -0.155. The third kappa shape index (κ3) is 7.74. The Labute approximate surface area is 232 Å². The number of anilines is 1. The van der Waals surface area contributed by atoms with Crippen LogP contribution in [0.3, 0.4) is 0 Å². The van der Waals surface area contributed by atoms with E-state index in [9.17, 15) is 14.4 Å². The Morgan fingerprint density at radius 1 is 1.00 bits per heavy atom. The topological polar surface area (TPSA) is 97.0 Å². The summed E-state index contributed by atoms with van der Waals surface area (Å²) in [6.45, 7) is 13.0. The molecule has 8 heteroatoms. The highest BCUT2D eigenvalue weighted by molar-refractivity contribution is 5.99. The van der Waals surface area contributed by atoms with Crippen LogP contribution in [0.4, 0.5) is 10.5 Å². The largest absolute Gasteiger partial charge is 0.497 e. The molecule has 8 nitrogen and oxygen atoms in total. The van der Waals surface area contributed by atoms with E-state index in [2.05, 4.69) is 10.6 Å². The number of aryl methyl sites for hydroxylation is 2. The Hall–Kier alpha value is -3.55. The Morgan fingerprint density at radius 2 is 1.64 bits per heavy atom. The predicted molar refractivity (Wildman–Crippen MR) is 153 cm³/mol. The van der Waals surface area contributed by atoms with E-state index in [4.69, 9.17) is 9.47 Å². The predicted octanol–water partition coefficient (Wildman–Crippen LogP) is 5.92. The van der Waals surface area contributed by atoms with E-state index >= 15 is 0 Å². The highest BCUT2D eigenvalue weighted by atomic mass is 16.6. The third-order valence-electron chi connectivity index (χ3n) is 6.93. The van der Waals surface area contributed by atoms with Gasteiger partial charge in [-0.05, 0) is 95.2 Å². The van der Waals surface area contributed by atoms with Crippen molar-refractivity contribution in [2.45, 2.75) is 91.5 Å². The summed E-state index contributed by atoms with van der Waals surface area (Å²) in [7, 11) is 1.59. The van der Waals surface area contributed by atoms with E-state index in [-0.39, 0.29) is 23.8 Å². The summed E-state index contributed by atoms with van der Waals surface area (Å²) in [6.07, 6.45) is 1.90. The molecule has 1 saturated carbocycles. The van der Waals surface area contributed by atoms with Crippen LogP contribution in [0, 0.1) is 19.8 Å². The molecule has 212 valence electrons. The molecular weight excluding hydrogens is 494 g/mol. The van der Waals surface area contributed by atoms with Crippen molar-refractivity contribution in [3.63, 3.8) is 0 Å². The lowest BCUT2D eigenvalue weighted by Crippen LogP contribution is -2.58. The van der Waals surface area contributed by atoms with Crippen LogP contribution in [0.15, 0.2) is 42.5 Å². The molecule has 1 aliphatic carbocycles. The van der Waals surface area contributed by atoms with Gasteiger partial charge in [-0.15, -0.1) is 0 Å². The number of hydrogen-bond donors (Lipinski definition) is 2. The summed E-state index contributed by atoms with van der Waals surface area (Å²) in [6, 6.07) is 11.1. The maximum atomic E-state index is 14.3. The Kier molecular flexibility index (Phi) is 9.64. The number of nitrogens with one attached hydrogen (secondary N) is 2. The number of hydrogen-bond acceptors (Lipinski definition) is 5. The zero-order chi connectivity index (χ0) is 28.9. The molecule has 0 saturated heterocycles. The molecule has 1 fully saturated rings. The number of methoxy groups -OCH3 is 1. The molecule has 2 N–H and O–H groups in total. The van der Waals surface area contributed by atoms with Crippen LogP contribution in [-0.4, -0.2) is 47.6 Å². The van der Waals surface area contributed by atoms with Gasteiger partial charge in [-0.25, -0.2) is 4.79 Å². The number of amides is 3. The molecular formula is C31H43N3O5. The lowest BCUT2D eigenvalue weighted by molar-refractivity contribution is -0.146. The molecule has 0 aliphatic heterocycles.